The minimum Gasteiger partial charge on any atom is -0.428 e. The maximum Gasteiger partial charge on any atom is 0.514 e. The number of benzene rings is 1. The average Bonchev–Trinajstić information content (AvgIpc) is 2.38. The highest BCUT2D eigenvalue weighted by molar-refractivity contribution is 5.65. The van der Waals surface area contributed by atoms with Crippen molar-refractivity contribution in [1.29, 1.82) is 0 Å². The van der Waals surface area contributed by atoms with Gasteiger partial charge in [0.2, 0.25) is 0 Å². The topological polar surface area (TPSA) is 47.9 Å². The summed E-state index contributed by atoms with van der Waals surface area (Å²) in [7, 11) is 0. The Labute approximate surface area is 125 Å². The zero-order valence-corrected chi connectivity index (χ0v) is 12.9. The lowest BCUT2D eigenvalue weighted by atomic mass is 9.79. The van der Waals surface area contributed by atoms with Gasteiger partial charge in [0.15, 0.2) is 0 Å². The first-order chi connectivity index (χ1) is 9.78. The molecule has 1 heterocycles. The second-order valence-corrected chi connectivity index (χ2v) is 6.36. The van der Waals surface area contributed by atoms with E-state index in [2.05, 4.69) is 18.0 Å². The molecule has 1 aliphatic heterocycles. The second kappa shape index (κ2) is 5.72. The van der Waals surface area contributed by atoms with Crippen LogP contribution in [0.5, 0.6) is 5.75 Å². The van der Waals surface area contributed by atoms with Crippen molar-refractivity contribution in [3.8, 4) is 5.75 Å². The summed E-state index contributed by atoms with van der Waals surface area (Å²) < 4.78 is 10.3. The Bertz CT molecular complexity index is 567. The fourth-order valence-electron chi connectivity index (χ4n) is 2.06. The maximum absolute atomic E-state index is 11.6. The van der Waals surface area contributed by atoms with Gasteiger partial charge in [0.25, 0.3) is 0 Å². The zero-order valence-electron chi connectivity index (χ0n) is 12.9. The van der Waals surface area contributed by atoms with Gasteiger partial charge in [0, 0.05) is 17.8 Å². The first-order valence-corrected chi connectivity index (χ1v) is 6.99. The molecule has 4 nitrogen and oxygen atoms in total. The van der Waals surface area contributed by atoms with Gasteiger partial charge in [0.05, 0.1) is 0 Å². The Morgan fingerprint density at radius 3 is 2.43 bits per heavy atom. The molecule has 0 fully saturated rings. The molecule has 0 spiro atoms. The van der Waals surface area contributed by atoms with Crippen LogP contribution in [0, 0.1) is 0 Å². The number of allylic oxidation sites excluding steroid dienone is 1. The van der Waals surface area contributed by atoms with E-state index >= 15 is 0 Å². The number of rotatable bonds is 2. The van der Waals surface area contributed by atoms with Gasteiger partial charge in [-0.05, 0) is 44.9 Å². The van der Waals surface area contributed by atoms with Crippen LogP contribution in [0.25, 0.3) is 0 Å². The molecule has 1 aromatic rings. The van der Waals surface area contributed by atoms with Crippen molar-refractivity contribution in [3.63, 3.8) is 0 Å². The first kappa shape index (κ1) is 15.3. The van der Waals surface area contributed by atoms with Gasteiger partial charge in [0.1, 0.15) is 11.4 Å². The van der Waals surface area contributed by atoms with Gasteiger partial charge in [-0.25, -0.2) is 4.79 Å². The van der Waals surface area contributed by atoms with E-state index in [-0.39, 0.29) is 5.41 Å². The van der Waals surface area contributed by atoms with Crippen molar-refractivity contribution in [1.82, 2.24) is 0 Å². The number of hydrogen-bond acceptors (Lipinski definition) is 4. The normalized spacial score (nSPS) is 21.1. The minimum absolute atomic E-state index is 0.0633. The van der Waals surface area contributed by atoms with Gasteiger partial charge >= 0.3 is 6.16 Å². The molecule has 2 rings (SSSR count). The molecule has 0 aliphatic carbocycles. The maximum atomic E-state index is 11.6. The summed E-state index contributed by atoms with van der Waals surface area (Å²) in [5.74, 6) is 0.477. The van der Waals surface area contributed by atoms with Crippen LogP contribution in [0.4, 0.5) is 4.79 Å². The van der Waals surface area contributed by atoms with Crippen LogP contribution in [-0.4, -0.2) is 18.0 Å². The number of nitrogens with zero attached hydrogens (tertiary/aromatic N) is 1. The van der Waals surface area contributed by atoms with Crippen LogP contribution in [0.15, 0.2) is 41.5 Å². The monoisotopic (exact) mass is 287 g/mol. The molecule has 1 aliphatic rings. The molecular formula is C17H21NO3. The predicted octanol–water partition coefficient (Wildman–Crippen LogP) is 4.25. The Balaban J connectivity index is 2.04. The number of carbonyl (C=O) groups is 1. The lowest BCUT2D eigenvalue weighted by molar-refractivity contribution is 0.0206. The average molecular weight is 287 g/mol. The summed E-state index contributed by atoms with van der Waals surface area (Å²) in [6.45, 7) is 7.55. The molecule has 0 amide bonds. The van der Waals surface area contributed by atoms with E-state index in [0.29, 0.717) is 5.75 Å². The molecular weight excluding hydrogens is 266 g/mol. The highest BCUT2D eigenvalue weighted by atomic mass is 16.7. The molecule has 112 valence electrons. The summed E-state index contributed by atoms with van der Waals surface area (Å²) in [5.41, 5.74) is 0.532. The molecule has 0 bridgehead atoms. The van der Waals surface area contributed by atoms with E-state index < -0.39 is 11.8 Å². The number of carbonyl (C=O) groups excluding carboxylic acids is 1. The van der Waals surface area contributed by atoms with Crippen LogP contribution in [0.2, 0.25) is 0 Å². The smallest absolute Gasteiger partial charge is 0.428 e. The third-order valence-electron chi connectivity index (χ3n) is 3.25. The van der Waals surface area contributed by atoms with Crippen molar-refractivity contribution >= 4 is 12.4 Å². The highest BCUT2D eigenvalue weighted by Crippen LogP contribution is 2.31. The van der Waals surface area contributed by atoms with Crippen molar-refractivity contribution in [3.05, 3.63) is 42.1 Å². The quantitative estimate of drug-likeness (QED) is 0.603. The van der Waals surface area contributed by atoms with Gasteiger partial charge in [-0.2, -0.15) is 0 Å². The first-order valence-electron chi connectivity index (χ1n) is 6.99. The summed E-state index contributed by atoms with van der Waals surface area (Å²) in [5, 5.41) is 0. The summed E-state index contributed by atoms with van der Waals surface area (Å²) in [6, 6.07) is 7.49. The van der Waals surface area contributed by atoms with Crippen molar-refractivity contribution in [2.45, 2.75) is 45.1 Å². The molecule has 0 aromatic heterocycles. The summed E-state index contributed by atoms with van der Waals surface area (Å²) in [4.78, 5) is 15.7. The number of ether oxygens (including phenoxy) is 2. The van der Waals surface area contributed by atoms with E-state index in [1.807, 2.05) is 24.5 Å². The Kier molecular flexibility index (Phi) is 4.16. The van der Waals surface area contributed by atoms with Gasteiger partial charge < -0.3 is 9.47 Å². The number of aliphatic imine (C=N–C) groups is 1. The third-order valence-corrected chi connectivity index (χ3v) is 3.25. The van der Waals surface area contributed by atoms with E-state index in [0.717, 1.165) is 12.0 Å². The minimum atomic E-state index is -0.689. The Morgan fingerprint density at radius 2 is 1.90 bits per heavy atom. The fourth-order valence-corrected chi connectivity index (χ4v) is 2.06. The molecule has 0 saturated carbocycles. The molecule has 1 unspecified atom stereocenters. The molecule has 0 N–H and O–H groups in total. The van der Waals surface area contributed by atoms with Gasteiger partial charge in [-0.3, -0.25) is 4.99 Å². The summed E-state index contributed by atoms with van der Waals surface area (Å²) in [6.07, 6.45) is 5.97. The second-order valence-electron chi connectivity index (χ2n) is 6.36. The third kappa shape index (κ3) is 4.18. The van der Waals surface area contributed by atoms with E-state index in [9.17, 15) is 4.79 Å². The lowest BCUT2D eigenvalue weighted by Crippen LogP contribution is -2.26. The van der Waals surface area contributed by atoms with Crippen molar-refractivity contribution in [2.75, 3.05) is 0 Å². The highest BCUT2D eigenvalue weighted by Gasteiger charge is 2.24. The zero-order chi connectivity index (χ0) is 15.5. The van der Waals surface area contributed by atoms with Gasteiger partial charge in [-0.1, -0.05) is 25.1 Å². The largest absolute Gasteiger partial charge is 0.514 e. The molecule has 21 heavy (non-hydrogen) atoms. The van der Waals surface area contributed by atoms with Crippen molar-refractivity contribution < 1.29 is 14.3 Å². The van der Waals surface area contributed by atoms with Crippen LogP contribution >= 0.6 is 0 Å². The summed E-state index contributed by atoms with van der Waals surface area (Å²) >= 11 is 0. The molecule has 1 atom stereocenters. The predicted molar refractivity (Wildman–Crippen MR) is 82.9 cm³/mol. The van der Waals surface area contributed by atoms with E-state index in [4.69, 9.17) is 9.47 Å². The fraction of sp³-hybridized carbons (Fsp3) is 0.412. The molecule has 0 radical (unpaired) electrons. The molecule has 4 heteroatoms. The molecule has 1 aromatic carbocycles. The molecule has 0 saturated heterocycles. The Hall–Kier alpha value is -2.10. The van der Waals surface area contributed by atoms with E-state index in [1.165, 1.54) is 0 Å². The van der Waals surface area contributed by atoms with Crippen LogP contribution in [-0.2, 0) is 10.2 Å². The van der Waals surface area contributed by atoms with Crippen LogP contribution in [0.1, 0.15) is 39.7 Å². The van der Waals surface area contributed by atoms with E-state index in [1.54, 1.807) is 32.9 Å². The standard InChI is InChI=1S/C17H21NO3/c1-16(2,3)21-15(19)20-14-7-5-13(6-8-14)17(4)9-11-18-12-10-17/h5-9,11-12H,10H2,1-4H3. The SMILES string of the molecule is CC(C)(C)OC(=O)Oc1ccc(C2(C)C=CN=CC2)cc1. The Morgan fingerprint density at radius 1 is 1.24 bits per heavy atom. The van der Waals surface area contributed by atoms with Gasteiger partial charge in [-0.15, -0.1) is 0 Å². The number of hydrogen-bond donors (Lipinski definition) is 0. The lowest BCUT2D eigenvalue weighted by Gasteiger charge is -2.26. The van der Waals surface area contributed by atoms with Crippen LogP contribution in [0.3, 0.4) is 0 Å². The van der Waals surface area contributed by atoms with Crippen molar-refractivity contribution in [2.24, 2.45) is 4.99 Å². The van der Waals surface area contributed by atoms with Crippen LogP contribution < -0.4 is 4.74 Å².